The Morgan fingerprint density at radius 2 is 1.47 bits per heavy atom. The third-order valence-electron chi connectivity index (χ3n) is 3.49. The van der Waals surface area contributed by atoms with Gasteiger partial charge in [0.2, 0.25) is 20.8 Å². The summed E-state index contributed by atoms with van der Waals surface area (Å²) in [4.78, 5) is 0. The molecule has 0 aliphatic carbocycles. The highest BCUT2D eigenvalue weighted by molar-refractivity contribution is 8.07. The molecule has 10 heteroatoms. The quantitative estimate of drug-likeness (QED) is 0.569. The molecule has 0 bridgehead atoms. The van der Waals surface area contributed by atoms with Crippen LogP contribution in [-0.2, 0) is 20.8 Å². The van der Waals surface area contributed by atoms with Crippen molar-refractivity contribution in [3.63, 3.8) is 0 Å². The van der Waals surface area contributed by atoms with E-state index in [9.17, 15) is 24.6 Å². The van der Waals surface area contributed by atoms with Gasteiger partial charge in [-0.3, -0.25) is 0 Å². The second kappa shape index (κ2) is 5.98. The molecule has 2 rings (SSSR count). The van der Waals surface area contributed by atoms with Gasteiger partial charge in [-0.05, 0) is 0 Å². The summed E-state index contributed by atoms with van der Waals surface area (Å²) in [6, 6.07) is 0. The topological polar surface area (TPSA) is 82.4 Å². The number of quaternary nitrogens is 1. The third-order valence-corrected chi connectivity index (χ3v) is 4.91. The van der Waals surface area contributed by atoms with E-state index in [2.05, 4.69) is 6.92 Å². The van der Waals surface area contributed by atoms with Crippen molar-refractivity contribution in [2.45, 2.75) is 26.2 Å². The molecule has 19 heavy (non-hydrogen) atoms. The molecule has 0 aromatic carbocycles. The average molecular weight is 320 g/mol. The van der Waals surface area contributed by atoms with Gasteiger partial charge in [-0.1, -0.05) is 6.92 Å². The van der Waals surface area contributed by atoms with Gasteiger partial charge < -0.3 is 8.61 Å². The van der Waals surface area contributed by atoms with E-state index in [0.29, 0.717) is 0 Å². The van der Waals surface area contributed by atoms with E-state index in [4.69, 9.17) is 0 Å². The zero-order chi connectivity index (χ0) is 14.7. The van der Waals surface area contributed by atoms with Crippen LogP contribution in [0.4, 0.5) is 7.77 Å². The summed E-state index contributed by atoms with van der Waals surface area (Å²) in [6.07, 6.45) is 4.47. The van der Waals surface area contributed by atoms with E-state index in [0.717, 1.165) is 10.0 Å². The van der Waals surface area contributed by atoms with Gasteiger partial charge in [-0.2, -0.15) is 0 Å². The van der Waals surface area contributed by atoms with Gasteiger partial charge in [0.25, 0.3) is 0 Å². The molecule has 1 spiro atoms. The van der Waals surface area contributed by atoms with Crippen molar-refractivity contribution in [3.05, 3.63) is 4.13 Å². The molecule has 2 fully saturated rings. The van der Waals surface area contributed by atoms with Crippen LogP contribution in [-0.4, -0.2) is 47.5 Å². The molecular weight excluding hydrogens is 302 g/mol. The van der Waals surface area contributed by atoms with Crippen LogP contribution in [0.15, 0.2) is 0 Å². The van der Waals surface area contributed by atoms with Crippen LogP contribution >= 0.6 is 0 Å². The zero-order valence-electron chi connectivity index (χ0n) is 10.6. The fourth-order valence-corrected chi connectivity index (χ4v) is 3.71. The van der Waals surface area contributed by atoms with Crippen molar-refractivity contribution in [2.75, 3.05) is 26.2 Å². The second-order valence-corrected chi connectivity index (χ2v) is 7.44. The minimum absolute atomic E-state index is 1.01. The first-order chi connectivity index (χ1) is 8.52. The zero-order valence-corrected chi connectivity index (χ0v) is 12.3. The molecule has 0 radical (unpaired) electrons. The normalized spacial score (nSPS) is 26.2. The molecule has 0 aromatic rings. The average Bonchev–Trinajstić information content (AvgIpc) is 2.72. The molecule has 114 valence electrons. The lowest BCUT2D eigenvalue weighted by Crippen LogP contribution is -2.42. The highest BCUT2D eigenvalue weighted by atomic mass is 32.3. The number of hydrogen-bond donors (Lipinski definition) is 0. The van der Waals surface area contributed by atoms with Gasteiger partial charge in [-0.25, -0.2) is 16.8 Å². The Kier molecular flexibility index (Phi) is 5.27. The molecule has 6 nitrogen and oxygen atoms in total. The number of hydrogen-bond acceptors (Lipinski definition) is 4. The summed E-state index contributed by atoms with van der Waals surface area (Å²) in [7, 11) is -11.2. The largest absolute Gasteiger partial charge is 0.379 e. The predicted octanol–water partition coefficient (Wildman–Crippen LogP) is 1.43. The number of halogens is 2. The summed E-state index contributed by atoms with van der Waals surface area (Å²) < 4.78 is 61.6. The smallest absolute Gasteiger partial charge is 0.241 e. The molecule has 0 aromatic heterocycles. The number of nitrogens with zero attached hydrogens (tertiary/aromatic N) is 2. The SMILES string of the molecule is CC1CC[N+]2(CCCC2)C1.O=S(=O)(F)[N-]S(=O)(=O)F. The minimum Gasteiger partial charge on any atom is -0.379 e. The second-order valence-electron chi connectivity index (χ2n) is 5.19. The van der Waals surface area contributed by atoms with Gasteiger partial charge in [0.15, 0.2) is 0 Å². The van der Waals surface area contributed by atoms with E-state index in [1.165, 1.54) is 49.9 Å². The molecule has 1 unspecified atom stereocenters. The molecule has 2 heterocycles. The molecule has 0 N–H and O–H groups in total. The maximum Gasteiger partial charge on any atom is 0.241 e. The molecule has 2 aliphatic heterocycles. The van der Waals surface area contributed by atoms with E-state index < -0.39 is 20.8 Å². The van der Waals surface area contributed by atoms with Crippen LogP contribution in [0.2, 0.25) is 0 Å². The first kappa shape index (κ1) is 16.7. The maximum absolute atomic E-state index is 11.1. The van der Waals surface area contributed by atoms with Crippen molar-refractivity contribution < 1.29 is 29.1 Å². The van der Waals surface area contributed by atoms with Crippen LogP contribution in [0.3, 0.4) is 0 Å². The van der Waals surface area contributed by atoms with Gasteiger partial charge in [0, 0.05) is 25.2 Å². The van der Waals surface area contributed by atoms with Crippen molar-refractivity contribution in [3.8, 4) is 0 Å². The van der Waals surface area contributed by atoms with Crippen LogP contribution in [0.5, 0.6) is 0 Å². The first-order valence-corrected chi connectivity index (χ1v) is 8.68. The van der Waals surface area contributed by atoms with Crippen LogP contribution in [0.1, 0.15) is 26.2 Å². The first-order valence-electron chi connectivity index (χ1n) is 6.00. The summed E-state index contributed by atoms with van der Waals surface area (Å²) in [6.45, 7) is 8.36. The van der Waals surface area contributed by atoms with Gasteiger partial charge >= 0.3 is 0 Å². The van der Waals surface area contributed by atoms with Gasteiger partial charge in [-0.15, -0.1) is 7.77 Å². The molecule has 0 saturated carbocycles. The molecule has 2 aliphatic rings. The van der Waals surface area contributed by atoms with Gasteiger partial charge in [0.1, 0.15) is 0 Å². The van der Waals surface area contributed by atoms with E-state index in [1.54, 1.807) is 0 Å². The fourth-order valence-electron chi connectivity index (χ4n) is 2.86. The highest BCUT2D eigenvalue weighted by Gasteiger charge is 2.38. The standard InChI is InChI=1S/C9H18N.F2NO4S2/c1-9-4-7-10(8-9)5-2-3-6-10;1-8(4,5)3-9(2,6)7/h9H,2-8H2,1H3;/q+1;-1. The molecular formula is C9H18F2N2O4S2. The molecule has 0 amide bonds. The monoisotopic (exact) mass is 320 g/mol. The Balaban J connectivity index is 0.000000192. The fraction of sp³-hybridized carbons (Fsp3) is 1.00. The maximum atomic E-state index is 11.1. The van der Waals surface area contributed by atoms with Crippen LogP contribution in [0.25, 0.3) is 4.13 Å². The Labute approximate surface area is 113 Å². The lowest BCUT2D eigenvalue weighted by molar-refractivity contribution is -0.906. The Morgan fingerprint density at radius 3 is 1.74 bits per heavy atom. The van der Waals surface area contributed by atoms with Crippen molar-refractivity contribution >= 4 is 20.8 Å². The number of rotatable bonds is 2. The van der Waals surface area contributed by atoms with E-state index >= 15 is 0 Å². The molecule has 1 atom stereocenters. The molecule has 2 saturated heterocycles. The summed E-state index contributed by atoms with van der Waals surface area (Å²) >= 11 is 0. The third kappa shape index (κ3) is 6.59. The van der Waals surface area contributed by atoms with Crippen molar-refractivity contribution in [2.24, 2.45) is 5.92 Å². The minimum atomic E-state index is -5.62. The van der Waals surface area contributed by atoms with Gasteiger partial charge in [0.05, 0.1) is 26.2 Å². The predicted molar refractivity (Wildman–Crippen MR) is 66.2 cm³/mol. The summed E-state index contributed by atoms with van der Waals surface area (Å²) in [5, 5.41) is 0. The van der Waals surface area contributed by atoms with Crippen LogP contribution < -0.4 is 0 Å². The van der Waals surface area contributed by atoms with Crippen LogP contribution in [0, 0.1) is 5.92 Å². The summed E-state index contributed by atoms with van der Waals surface area (Å²) in [5.41, 5.74) is 0. The van der Waals surface area contributed by atoms with E-state index in [-0.39, 0.29) is 0 Å². The van der Waals surface area contributed by atoms with Crippen molar-refractivity contribution in [1.29, 1.82) is 0 Å². The Bertz CT molecular complexity index is 470. The Hall–Kier alpha value is -0.320. The van der Waals surface area contributed by atoms with E-state index in [1.807, 2.05) is 0 Å². The lowest BCUT2D eigenvalue weighted by Gasteiger charge is -2.28. The highest BCUT2D eigenvalue weighted by Crippen LogP contribution is 2.29. The lowest BCUT2D eigenvalue weighted by atomic mass is 10.2. The summed E-state index contributed by atoms with van der Waals surface area (Å²) in [5.74, 6) is 1.01. The van der Waals surface area contributed by atoms with Crippen molar-refractivity contribution in [1.82, 2.24) is 0 Å². The Morgan fingerprint density at radius 1 is 1.00 bits per heavy atom.